The number of aromatic nitrogens is 2. The quantitative estimate of drug-likeness (QED) is 0.884. The average Bonchev–Trinajstić information content (AvgIpc) is 2.77. The Morgan fingerprint density at radius 1 is 1.26 bits per heavy atom. The van der Waals surface area contributed by atoms with Gasteiger partial charge in [0, 0.05) is 31.0 Å². The van der Waals surface area contributed by atoms with Crippen molar-refractivity contribution in [2.75, 3.05) is 5.32 Å². The molecule has 1 aromatic heterocycles. The standard InChI is InChI=1S/C16H23N3/c1-5-15-13(11-19(4)18-15)10-17-16-9-7-6-8-14(16)12(2)3/h6-9,11-12,17H,5,10H2,1-4H3. The predicted octanol–water partition coefficient (Wildman–Crippen LogP) is 3.72. The summed E-state index contributed by atoms with van der Waals surface area (Å²) in [5.74, 6) is 0.531. The summed E-state index contributed by atoms with van der Waals surface area (Å²) in [6.45, 7) is 7.43. The van der Waals surface area contributed by atoms with Gasteiger partial charge in [-0.05, 0) is 24.0 Å². The minimum atomic E-state index is 0.531. The van der Waals surface area contributed by atoms with Gasteiger partial charge in [-0.3, -0.25) is 4.68 Å². The number of nitrogens with zero attached hydrogens (tertiary/aromatic N) is 2. The number of aryl methyl sites for hydroxylation is 2. The van der Waals surface area contributed by atoms with Crippen LogP contribution in [0.3, 0.4) is 0 Å². The summed E-state index contributed by atoms with van der Waals surface area (Å²) < 4.78 is 1.89. The Labute approximate surface area is 115 Å². The van der Waals surface area contributed by atoms with E-state index in [2.05, 4.69) is 61.6 Å². The lowest BCUT2D eigenvalue weighted by atomic mass is 10.0. The number of rotatable bonds is 5. The summed E-state index contributed by atoms with van der Waals surface area (Å²) in [5.41, 5.74) is 5.05. The first-order valence-electron chi connectivity index (χ1n) is 6.96. The maximum atomic E-state index is 4.48. The molecule has 3 nitrogen and oxygen atoms in total. The molecule has 0 spiro atoms. The van der Waals surface area contributed by atoms with Gasteiger partial charge in [-0.2, -0.15) is 5.10 Å². The molecule has 19 heavy (non-hydrogen) atoms. The lowest BCUT2D eigenvalue weighted by Gasteiger charge is -2.14. The maximum absolute atomic E-state index is 4.48. The third-order valence-corrected chi connectivity index (χ3v) is 3.38. The molecule has 0 saturated heterocycles. The van der Waals surface area contributed by atoms with Crippen molar-refractivity contribution in [3.05, 3.63) is 47.3 Å². The summed E-state index contributed by atoms with van der Waals surface area (Å²) in [5, 5.41) is 8.02. The Morgan fingerprint density at radius 2 is 2.00 bits per heavy atom. The van der Waals surface area contributed by atoms with Crippen molar-refractivity contribution < 1.29 is 0 Å². The normalized spacial score (nSPS) is 11.0. The predicted molar refractivity (Wildman–Crippen MR) is 80.4 cm³/mol. The van der Waals surface area contributed by atoms with Crippen molar-refractivity contribution in [3.8, 4) is 0 Å². The third-order valence-electron chi connectivity index (χ3n) is 3.38. The second-order valence-electron chi connectivity index (χ2n) is 5.22. The molecule has 0 saturated carbocycles. The van der Waals surface area contributed by atoms with Gasteiger partial charge in [0.15, 0.2) is 0 Å². The zero-order valence-corrected chi connectivity index (χ0v) is 12.3. The summed E-state index contributed by atoms with van der Waals surface area (Å²) in [6.07, 6.45) is 3.08. The molecule has 0 bridgehead atoms. The number of hydrogen-bond donors (Lipinski definition) is 1. The van der Waals surface area contributed by atoms with Gasteiger partial charge in [0.1, 0.15) is 0 Å². The van der Waals surface area contributed by atoms with Crippen molar-refractivity contribution in [2.24, 2.45) is 7.05 Å². The van der Waals surface area contributed by atoms with Gasteiger partial charge in [0.25, 0.3) is 0 Å². The van der Waals surface area contributed by atoms with E-state index < -0.39 is 0 Å². The van der Waals surface area contributed by atoms with E-state index in [1.165, 1.54) is 22.5 Å². The van der Waals surface area contributed by atoms with Crippen LogP contribution in [0.2, 0.25) is 0 Å². The van der Waals surface area contributed by atoms with Gasteiger partial charge in [0.05, 0.1) is 5.69 Å². The van der Waals surface area contributed by atoms with E-state index in [0.29, 0.717) is 5.92 Å². The Bertz CT molecular complexity index is 541. The van der Waals surface area contributed by atoms with E-state index in [9.17, 15) is 0 Å². The van der Waals surface area contributed by atoms with E-state index in [1.807, 2.05) is 11.7 Å². The topological polar surface area (TPSA) is 29.9 Å². The number of anilines is 1. The molecule has 1 N–H and O–H groups in total. The van der Waals surface area contributed by atoms with E-state index >= 15 is 0 Å². The van der Waals surface area contributed by atoms with Crippen LogP contribution in [-0.2, 0) is 20.0 Å². The van der Waals surface area contributed by atoms with Crippen molar-refractivity contribution in [3.63, 3.8) is 0 Å². The summed E-state index contributed by atoms with van der Waals surface area (Å²) in [6, 6.07) is 8.52. The zero-order chi connectivity index (χ0) is 13.8. The molecule has 2 rings (SSSR count). The van der Waals surface area contributed by atoms with Crippen LogP contribution in [0.4, 0.5) is 5.69 Å². The maximum Gasteiger partial charge on any atom is 0.0671 e. The van der Waals surface area contributed by atoms with Gasteiger partial charge in [-0.1, -0.05) is 39.0 Å². The second-order valence-corrected chi connectivity index (χ2v) is 5.22. The first-order valence-corrected chi connectivity index (χ1v) is 6.96. The van der Waals surface area contributed by atoms with Gasteiger partial charge in [0.2, 0.25) is 0 Å². The van der Waals surface area contributed by atoms with Crippen LogP contribution in [0.1, 0.15) is 43.5 Å². The molecule has 3 heteroatoms. The van der Waals surface area contributed by atoms with Crippen LogP contribution in [-0.4, -0.2) is 9.78 Å². The highest BCUT2D eigenvalue weighted by Crippen LogP contribution is 2.24. The minimum absolute atomic E-state index is 0.531. The number of benzene rings is 1. The smallest absolute Gasteiger partial charge is 0.0671 e. The second kappa shape index (κ2) is 5.91. The molecule has 1 heterocycles. The fourth-order valence-electron chi connectivity index (χ4n) is 2.38. The van der Waals surface area contributed by atoms with Gasteiger partial charge >= 0.3 is 0 Å². The first-order chi connectivity index (χ1) is 9.11. The molecular weight excluding hydrogens is 234 g/mol. The largest absolute Gasteiger partial charge is 0.381 e. The highest BCUT2D eigenvalue weighted by molar-refractivity contribution is 5.52. The molecule has 0 amide bonds. The van der Waals surface area contributed by atoms with Crippen LogP contribution in [0.15, 0.2) is 30.5 Å². The number of hydrogen-bond acceptors (Lipinski definition) is 2. The minimum Gasteiger partial charge on any atom is -0.381 e. The fourth-order valence-corrected chi connectivity index (χ4v) is 2.38. The Morgan fingerprint density at radius 3 is 2.68 bits per heavy atom. The fraction of sp³-hybridized carbons (Fsp3) is 0.438. The van der Waals surface area contributed by atoms with E-state index in [4.69, 9.17) is 0 Å². The molecule has 0 unspecified atom stereocenters. The van der Waals surface area contributed by atoms with Gasteiger partial charge < -0.3 is 5.32 Å². The molecule has 0 aliphatic rings. The summed E-state index contributed by atoms with van der Waals surface area (Å²) in [7, 11) is 1.98. The van der Waals surface area contributed by atoms with E-state index in [0.717, 1.165) is 13.0 Å². The van der Waals surface area contributed by atoms with Crippen LogP contribution < -0.4 is 5.32 Å². The zero-order valence-electron chi connectivity index (χ0n) is 12.3. The molecule has 0 aliphatic carbocycles. The lowest BCUT2D eigenvalue weighted by molar-refractivity contribution is 0.746. The average molecular weight is 257 g/mol. The molecule has 1 aromatic carbocycles. The van der Waals surface area contributed by atoms with Crippen LogP contribution >= 0.6 is 0 Å². The van der Waals surface area contributed by atoms with Crippen molar-refractivity contribution >= 4 is 5.69 Å². The SMILES string of the molecule is CCc1nn(C)cc1CNc1ccccc1C(C)C. The molecule has 102 valence electrons. The Balaban J connectivity index is 2.14. The summed E-state index contributed by atoms with van der Waals surface area (Å²) in [4.78, 5) is 0. The first kappa shape index (κ1) is 13.7. The third kappa shape index (κ3) is 3.16. The molecular formula is C16H23N3. The molecule has 0 fully saturated rings. The molecule has 0 aliphatic heterocycles. The van der Waals surface area contributed by atoms with E-state index in [-0.39, 0.29) is 0 Å². The highest BCUT2D eigenvalue weighted by Gasteiger charge is 2.08. The van der Waals surface area contributed by atoms with Crippen molar-refractivity contribution in [1.82, 2.24) is 9.78 Å². The van der Waals surface area contributed by atoms with Gasteiger partial charge in [-0.15, -0.1) is 0 Å². The van der Waals surface area contributed by atoms with Crippen LogP contribution in [0.25, 0.3) is 0 Å². The van der Waals surface area contributed by atoms with Crippen LogP contribution in [0, 0.1) is 0 Å². The van der Waals surface area contributed by atoms with E-state index in [1.54, 1.807) is 0 Å². The van der Waals surface area contributed by atoms with Crippen molar-refractivity contribution in [1.29, 1.82) is 0 Å². The number of para-hydroxylation sites is 1. The van der Waals surface area contributed by atoms with Crippen LogP contribution in [0.5, 0.6) is 0 Å². The molecule has 0 atom stereocenters. The molecule has 0 radical (unpaired) electrons. The Hall–Kier alpha value is -1.77. The Kier molecular flexibility index (Phi) is 4.25. The summed E-state index contributed by atoms with van der Waals surface area (Å²) >= 11 is 0. The van der Waals surface area contributed by atoms with Crippen molar-refractivity contribution in [2.45, 2.75) is 39.7 Å². The number of nitrogens with one attached hydrogen (secondary N) is 1. The van der Waals surface area contributed by atoms with Gasteiger partial charge in [-0.25, -0.2) is 0 Å². The molecule has 2 aromatic rings. The lowest BCUT2D eigenvalue weighted by Crippen LogP contribution is -2.04. The monoisotopic (exact) mass is 257 g/mol. The highest BCUT2D eigenvalue weighted by atomic mass is 15.3.